The van der Waals surface area contributed by atoms with E-state index in [1.165, 1.54) is 0 Å². The predicted molar refractivity (Wildman–Crippen MR) is 78.2 cm³/mol. The molecule has 0 fully saturated rings. The fraction of sp³-hybridized carbons (Fsp3) is 0.846. The minimum absolute atomic E-state index is 0.550. The molecule has 0 aliphatic carbocycles. The number of nitrogens with zero attached hydrogens (tertiary/aromatic N) is 3. The van der Waals surface area contributed by atoms with Crippen LogP contribution in [0.15, 0.2) is 4.99 Å². The quantitative estimate of drug-likeness (QED) is 0.249. The van der Waals surface area contributed by atoms with Crippen LogP contribution in [0.1, 0.15) is 40.5 Å². The van der Waals surface area contributed by atoms with Crippen molar-refractivity contribution in [2.24, 2.45) is 16.6 Å². The van der Waals surface area contributed by atoms with Crippen LogP contribution < -0.4 is 11.1 Å². The van der Waals surface area contributed by atoms with Gasteiger partial charge in [-0.3, -0.25) is 10.3 Å². The Kier molecular flexibility index (Phi) is 14.6. The molecule has 0 unspecified atom stereocenters. The van der Waals surface area contributed by atoms with Gasteiger partial charge in [-0.15, -0.1) is 0 Å². The van der Waals surface area contributed by atoms with Crippen LogP contribution in [0.2, 0.25) is 0 Å². The topological polar surface area (TPSA) is 77.4 Å². The molecule has 0 aromatic heterocycles. The molecule has 0 heterocycles. The lowest BCUT2D eigenvalue weighted by Gasteiger charge is -2.18. The van der Waals surface area contributed by atoms with Crippen LogP contribution in [-0.4, -0.2) is 37.5 Å². The van der Waals surface area contributed by atoms with Crippen molar-refractivity contribution >= 4 is 5.96 Å². The zero-order chi connectivity index (χ0) is 14.4. The second-order valence-electron chi connectivity index (χ2n) is 4.19. The largest absolute Gasteiger partial charge is 0.344 e. The third-order valence-corrected chi connectivity index (χ3v) is 2.19. The molecule has 3 N–H and O–H groups in total. The Morgan fingerprint density at radius 1 is 1.44 bits per heavy atom. The number of aliphatic imine (C=N–C) groups is 1. The van der Waals surface area contributed by atoms with Crippen molar-refractivity contribution in [3.63, 3.8) is 0 Å². The van der Waals surface area contributed by atoms with Gasteiger partial charge in [-0.2, -0.15) is 5.26 Å². The standard InChI is InChI=1S/C11H23N5.C2H6/c1-10(2)5-4-7-14-11(15-9-13)16(3)8-6-12;1-2/h10H,4-8,12H2,1-3H3,(H,14,15);1-2H3. The molecule has 0 atom stereocenters. The van der Waals surface area contributed by atoms with Gasteiger partial charge in [-0.05, 0) is 18.8 Å². The maximum absolute atomic E-state index is 8.60. The number of nitrogens with two attached hydrogens (primary N) is 1. The number of rotatable bonds is 6. The number of likely N-dealkylation sites (N-methyl/N-ethyl adjacent to an activating group) is 1. The summed E-state index contributed by atoms with van der Waals surface area (Å²) in [6, 6.07) is 0. The average Bonchev–Trinajstić information content (AvgIpc) is 2.35. The fourth-order valence-electron chi connectivity index (χ4n) is 1.29. The second kappa shape index (κ2) is 13.8. The molecule has 0 rings (SSSR count). The van der Waals surface area contributed by atoms with Gasteiger partial charge in [0.15, 0.2) is 6.19 Å². The van der Waals surface area contributed by atoms with Crippen molar-refractivity contribution in [3.05, 3.63) is 0 Å². The van der Waals surface area contributed by atoms with Gasteiger partial charge in [0.2, 0.25) is 5.96 Å². The second-order valence-corrected chi connectivity index (χ2v) is 4.19. The lowest BCUT2D eigenvalue weighted by atomic mass is 10.1. The zero-order valence-electron chi connectivity index (χ0n) is 12.5. The Balaban J connectivity index is 0. The first-order valence-corrected chi connectivity index (χ1v) is 6.72. The summed E-state index contributed by atoms with van der Waals surface area (Å²) in [6.45, 7) is 10.4. The molecule has 0 spiro atoms. The molecule has 0 radical (unpaired) electrons. The molecule has 5 nitrogen and oxygen atoms in total. The van der Waals surface area contributed by atoms with Crippen LogP contribution in [-0.2, 0) is 0 Å². The van der Waals surface area contributed by atoms with Gasteiger partial charge in [-0.1, -0.05) is 27.7 Å². The smallest absolute Gasteiger partial charge is 0.207 e. The Labute approximate surface area is 112 Å². The Hall–Kier alpha value is -1.28. The van der Waals surface area contributed by atoms with E-state index in [0.717, 1.165) is 19.4 Å². The number of nitrogens with one attached hydrogen (secondary N) is 1. The molecule has 0 amide bonds. The lowest BCUT2D eigenvalue weighted by Crippen LogP contribution is -2.39. The summed E-state index contributed by atoms with van der Waals surface area (Å²) >= 11 is 0. The Morgan fingerprint density at radius 3 is 2.50 bits per heavy atom. The molecular weight excluding hydrogens is 226 g/mol. The average molecular weight is 255 g/mol. The summed E-state index contributed by atoms with van der Waals surface area (Å²) in [5.74, 6) is 1.31. The summed E-state index contributed by atoms with van der Waals surface area (Å²) in [6.07, 6.45) is 4.10. The van der Waals surface area contributed by atoms with Crippen LogP contribution in [0.4, 0.5) is 0 Å². The van der Waals surface area contributed by atoms with E-state index in [9.17, 15) is 0 Å². The summed E-state index contributed by atoms with van der Waals surface area (Å²) < 4.78 is 0. The number of hydrogen-bond acceptors (Lipinski definition) is 3. The van der Waals surface area contributed by atoms with E-state index >= 15 is 0 Å². The van der Waals surface area contributed by atoms with Gasteiger partial charge in [0, 0.05) is 26.7 Å². The molecule has 18 heavy (non-hydrogen) atoms. The molecule has 0 saturated carbocycles. The first-order chi connectivity index (χ1) is 8.61. The molecule has 5 heteroatoms. The molecule has 0 aliphatic heterocycles. The lowest BCUT2D eigenvalue weighted by molar-refractivity contribution is 0.496. The monoisotopic (exact) mass is 255 g/mol. The van der Waals surface area contributed by atoms with Gasteiger partial charge in [-0.25, -0.2) is 0 Å². The highest BCUT2D eigenvalue weighted by Crippen LogP contribution is 2.03. The van der Waals surface area contributed by atoms with Crippen LogP contribution in [0, 0.1) is 17.4 Å². The van der Waals surface area contributed by atoms with Gasteiger partial charge in [0.05, 0.1) is 0 Å². The molecular formula is C13H29N5. The highest BCUT2D eigenvalue weighted by Gasteiger charge is 2.03. The molecule has 0 aromatic carbocycles. The van der Waals surface area contributed by atoms with Crippen LogP contribution in [0.25, 0.3) is 0 Å². The van der Waals surface area contributed by atoms with Gasteiger partial charge < -0.3 is 10.6 Å². The van der Waals surface area contributed by atoms with Crippen molar-refractivity contribution in [1.29, 1.82) is 5.26 Å². The molecule has 0 aromatic rings. The predicted octanol–water partition coefficient (Wildman–Crippen LogP) is 1.77. The van der Waals surface area contributed by atoms with Crippen LogP contribution >= 0.6 is 0 Å². The van der Waals surface area contributed by atoms with Crippen molar-refractivity contribution < 1.29 is 0 Å². The third-order valence-electron chi connectivity index (χ3n) is 2.19. The SMILES string of the molecule is CC.CC(C)CCCN=C(NC#N)N(C)CCN. The summed E-state index contributed by atoms with van der Waals surface area (Å²) in [4.78, 5) is 6.22. The summed E-state index contributed by atoms with van der Waals surface area (Å²) in [5, 5.41) is 11.2. The highest BCUT2D eigenvalue weighted by molar-refractivity contribution is 5.81. The number of hydrogen-bond donors (Lipinski definition) is 2. The van der Waals surface area contributed by atoms with Crippen LogP contribution in [0.5, 0.6) is 0 Å². The molecule has 0 bridgehead atoms. The maximum Gasteiger partial charge on any atom is 0.207 e. The minimum atomic E-state index is 0.550. The van der Waals surface area contributed by atoms with Crippen molar-refractivity contribution in [3.8, 4) is 6.19 Å². The molecule has 0 saturated heterocycles. The fourth-order valence-corrected chi connectivity index (χ4v) is 1.29. The maximum atomic E-state index is 8.60. The van der Waals surface area contributed by atoms with E-state index in [1.807, 2.05) is 32.0 Å². The van der Waals surface area contributed by atoms with Gasteiger partial charge in [0.1, 0.15) is 0 Å². The molecule has 106 valence electrons. The van der Waals surface area contributed by atoms with E-state index in [-0.39, 0.29) is 0 Å². The number of nitriles is 1. The van der Waals surface area contributed by atoms with Crippen molar-refractivity contribution in [1.82, 2.24) is 10.2 Å². The van der Waals surface area contributed by atoms with E-state index in [4.69, 9.17) is 11.0 Å². The van der Waals surface area contributed by atoms with Crippen LogP contribution in [0.3, 0.4) is 0 Å². The zero-order valence-corrected chi connectivity index (χ0v) is 12.5. The first kappa shape index (κ1) is 19.1. The van der Waals surface area contributed by atoms with E-state index in [1.54, 1.807) is 0 Å². The summed E-state index contributed by atoms with van der Waals surface area (Å²) in [5.41, 5.74) is 5.45. The van der Waals surface area contributed by atoms with Gasteiger partial charge in [0.25, 0.3) is 0 Å². The molecule has 0 aliphatic rings. The van der Waals surface area contributed by atoms with Crippen molar-refractivity contribution in [2.45, 2.75) is 40.5 Å². The minimum Gasteiger partial charge on any atom is -0.344 e. The Bertz CT molecular complexity index is 242. The van der Waals surface area contributed by atoms with E-state index < -0.39 is 0 Å². The van der Waals surface area contributed by atoms with Gasteiger partial charge >= 0.3 is 0 Å². The highest BCUT2D eigenvalue weighted by atomic mass is 15.3. The number of guanidine groups is 1. The van der Waals surface area contributed by atoms with E-state index in [0.29, 0.717) is 25.0 Å². The van der Waals surface area contributed by atoms with Crippen molar-refractivity contribution in [2.75, 3.05) is 26.7 Å². The summed E-state index contributed by atoms with van der Waals surface area (Å²) in [7, 11) is 1.87. The van der Waals surface area contributed by atoms with E-state index in [2.05, 4.69) is 24.2 Å². The third kappa shape index (κ3) is 11.2. The first-order valence-electron chi connectivity index (χ1n) is 6.72. The Morgan fingerprint density at radius 2 is 2.06 bits per heavy atom. The normalized spacial score (nSPS) is 10.4.